The van der Waals surface area contributed by atoms with E-state index in [1.54, 1.807) is 35.4 Å². The van der Waals surface area contributed by atoms with Crippen LogP contribution in [0.25, 0.3) is 11.1 Å². The molecular formula is C26H30ClN5O5. The molecule has 2 aromatic heterocycles. The first-order chi connectivity index (χ1) is 17.6. The summed E-state index contributed by atoms with van der Waals surface area (Å²) in [5.74, 6) is 0.297. The number of halogens is 1. The van der Waals surface area contributed by atoms with Gasteiger partial charge < -0.3 is 24.8 Å². The number of piperidine rings is 1. The van der Waals surface area contributed by atoms with Crippen molar-refractivity contribution in [3.05, 3.63) is 53.4 Å². The number of pyridine rings is 1. The van der Waals surface area contributed by atoms with E-state index in [-0.39, 0.29) is 28.5 Å². The zero-order valence-electron chi connectivity index (χ0n) is 21.2. The second-order valence-corrected chi connectivity index (χ2v) is 10.1. The summed E-state index contributed by atoms with van der Waals surface area (Å²) >= 11 is 6.24. The molecule has 196 valence electrons. The third-order valence-corrected chi connectivity index (χ3v) is 6.19. The maximum Gasteiger partial charge on any atom is 0.410 e. The van der Waals surface area contributed by atoms with Crippen molar-refractivity contribution in [3.63, 3.8) is 0 Å². The lowest BCUT2D eigenvalue weighted by molar-refractivity contribution is 0.0184. The summed E-state index contributed by atoms with van der Waals surface area (Å²) in [5, 5.41) is 4.77. The molecule has 2 N–H and O–H groups in total. The standard InChI is InChI=1S/C26H30ClN5O5/c1-26(2,3)37-25(34)31-10-8-17(9-11-31)32-15-16(13-30-32)18-12-22(28)29-14-21(18)36-20-7-5-6-19(27)23(20)24(33)35-4/h5-7,12-15,17H,8-11H2,1-4H3,(H2,28,29). The van der Waals surface area contributed by atoms with Crippen LogP contribution in [0, 0.1) is 0 Å². The first-order valence-electron chi connectivity index (χ1n) is 11.9. The molecule has 11 heteroatoms. The number of carbonyl (C=O) groups excluding carboxylic acids is 2. The zero-order valence-corrected chi connectivity index (χ0v) is 22.0. The third-order valence-electron chi connectivity index (χ3n) is 5.88. The predicted molar refractivity (Wildman–Crippen MR) is 139 cm³/mol. The Morgan fingerprint density at radius 2 is 1.86 bits per heavy atom. The van der Waals surface area contributed by atoms with Gasteiger partial charge >= 0.3 is 12.1 Å². The average molecular weight is 528 g/mol. The number of hydrogen-bond donors (Lipinski definition) is 1. The summed E-state index contributed by atoms with van der Waals surface area (Å²) in [7, 11) is 1.28. The van der Waals surface area contributed by atoms with Gasteiger partial charge in [-0.15, -0.1) is 0 Å². The summed E-state index contributed by atoms with van der Waals surface area (Å²) in [6.07, 6.45) is 6.31. The van der Waals surface area contributed by atoms with E-state index in [0.29, 0.717) is 30.2 Å². The molecule has 1 aromatic carbocycles. The monoisotopic (exact) mass is 527 g/mol. The number of aromatic nitrogens is 3. The third kappa shape index (κ3) is 6.14. The Balaban J connectivity index is 1.54. The van der Waals surface area contributed by atoms with Gasteiger partial charge in [-0.3, -0.25) is 4.68 Å². The van der Waals surface area contributed by atoms with Crippen LogP contribution in [0.5, 0.6) is 11.5 Å². The van der Waals surface area contributed by atoms with E-state index >= 15 is 0 Å². The van der Waals surface area contributed by atoms with Gasteiger partial charge in [-0.2, -0.15) is 5.10 Å². The minimum absolute atomic E-state index is 0.113. The number of nitrogen functional groups attached to an aromatic ring is 1. The smallest absolute Gasteiger partial charge is 0.410 e. The van der Waals surface area contributed by atoms with Gasteiger partial charge in [0.2, 0.25) is 0 Å². The van der Waals surface area contributed by atoms with Gasteiger partial charge in [0.25, 0.3) is 0 Å². The number of carbonyl (C=O) groups is 2. The summed E-state index contributed by atoms with van der Waals surface area (Å²) < 4.78 is 18.3. The normalized spacial score (nSPS) is 14.4. The van der Waals surface area contributed by atoms with Crippen LogP contribution >= 0.6 is 11.6 Å². The lowest BCUT2D eigenvalue weighted by atomic mass is 10.1. The van der Waals surface area contributed by atoms with E-state index in [2.05, 4.69) is 10.1 Å². The summed E-state index contributed by atoms with van der Waals surface area (Å²) in [6.45, 7) is 6.73. The lowest BCUT2D eigenvalue weighted by Gasteiger charge is -2.33. The maximum absolute atomic E-state index is 12.4. The van der Waals surface area contributed by atoms with Gasteiger partial charge in [-0.25, -0.2) is 14.6 Å². The quantitative estimate of drug-likeness (QED) is 0.442. The number of nitrogens with two attached hydrogens (primary N) is 1. The molecule has 1 saturated heterocycles. The molecule has 3 heterocycles. The predicted octanol–water partition coefficient (Wildman–Crippen LogP) is 5.33. The summed E-state index contributed by atoms with van der Waals surface area (Å²) in [4.78, 5) is 30.6. The van der Waals surface area contributed by atoms with E-state index < -0.39 is 11.6 Å². The molecule has 1 aliphatic rings. The second kappa shape index (κ2) is 10.7. The maximum atomic E-state index is 12.4. The number of benzene rings is 1. The molecule has 1 amide bonds. The number of nitrogens with zero attached hydrogens (tertiary/aromatic N) is 4. The zero-order chi connectivity index (χ0) is 26.7. The Bertz CT molecular complexity index is 1290. The van der Waals surface area contributed by atoms with Crippen molar-refractivity contribution in [2.24, 2.45) is 0 Å². The molecule has 0 bridgehead atoms. The molecule has 0 saturated carbocycles. The molecule has 0 radical (unpaired) electrons. The van der Waals surface area contributed by atoms with Crippen molar-refractivity contribution in [1.82, 2.24) is 19.7 Å². The molecule has 10 nitrogen and oxygen atoms in total. The minimum Gasteiger partial charge on any atom is -0.465 e. The number of likely N-dealkylation sites (tertiary alicyclic amines) is 1. The van der Waals surface area contributed by atoms with Crippen LogP contribution < -0.4 is 10.5 Å². The van der Waals surface area contributed by atoms with Crippen LogP contribution in [0.2, 0.25) is 5.02 Å². The molecule has 0 spiro atoms. The Morgan fingerprint density at radius 3 is 2.54 bits per heavy atom. The van der Waals surface area contributed by atoms with Crippen molar-refractivity contribution in [2.75, 3.05) is 25.9 Å². The molecule has 0 atom stereocenters. The molecule has 0 unspecified atom stereocenters. The first-order valence-corrected chi connectivity index (χ1v) is 12.3. The van der Waals surface area contributed by atoms with Gasteiger partial charge in [0, 0.05) is 30.4 Å². The van der Waals surface area contributed by atoms with E-state index in [4.69, 9.17) is 31.5 Å². The van der Waals surface area contributed by atoms with Gasteiger partial charge in [0.15, 0.2) is 5.75 Å². The highest BCUT2D eigenvalue weighted by molar-refractivity contribution is 6.34. The molecule has 3 aromatic rings. The molecule has 0 aliphatic carbocycles. The highest BCUT2D eigenvalue weighted by atomic mass is 35.5. The molecular weight excluding hydrogens is 498 g/mol. The fourth-order valence-corrected chi connectivity index (χ4v) is 4.33. The molecule has 1 aliphatic heterocycles. The largest absolute Gasteiger partial charge is 0.465 e. The molecule has 1 fully saturated rings. The van der Waals surface area contributed by atoms with Gasteiger partial charge in [-0.1, -0.05) is 17.7 Å². The van der Waals surface area contributed by atoms with E-state index in [1.807, 2.05) is 31.6 Å². The fraction of sp³-hybridized carbons (Fsp3) is 0.385. The summed E-state index contributed by atoms with van der Waals surface area (Å²) in [5.41, 5.74) is 6.98. The first kappa shape index (κ1) is 26.3. The number of ether oxygens (including phenoxy) is 3. The van der Waals surface area contributed by atoms with Gasteiger partial charge in [0.1, 0.15) is 22.7 Å². The van der Waals surface area contributed by atoms with Crippen LogP contribution in [-0.2, 0) is 9.47 Å². The Labute approximate surface area is 220 Å². The van der Waals surface area contributed by atoms with Crippen LogP contribution in [0.1, 0.15) is 50.0 Å². The van der Waals surface area contributed by atoms with Crippen LogP contribution in [0.3, 0.4) is 0 Å². The Hall–Kier alpha value is -3.79. The van der Waals surface area contributed by atoms with E-state index in [0.717, 1.165) is 18.4 Å². The Morgan fingerprint density at radius 1 is 1.14 bits per heavy atom. The van der Waals surface area contributed by atoms with Crippen molar-refractivity contribution >= 4 is 29.5 Å². The fourth-order valence-electron chi connectivity index (χ4n) is 4.09. The topological polar surface area (TPSA) is 122 Å². The second-order valence-electron chi connectivity index (χ2n) is 9.72. The highest BCUT2D eigenvalue weighted by Crippen LogP contribution is 2.37. The van der Waals surface area contributed by atoms with Crippen LogP contribution in [0.15, 0.2) is 42.9 Å². The number of esters is 1. The van der Waals surface area contributed by atoms with Gasteiger partial charge in [-0.05, 0) is 51.8 Å². The average Bonchev–Trinajstić information content (AvgIpc) is 3.34. The number of rotatable bonds is 5. The lowest BCUT2D eigenvalue weighted by Crippen LogP contribution is -2.42. The number of amides is 1. The molecule has 4 rings (SSSR count). The Kier molecular flexibility index (Phi) is 7.58. The minimum atomic E-state index is -0.615. The SMILES string of the molecule is COC(=O)c1c(Cl)cccc1Oc1cnc(N)cc1-c1cnn(C2CCN(C(=O)OC(C)(C)C)CC2)c1. The van der Waals surface area contributed by atoms with Crippen molar-refractivity contribution in [2.45, 2.75) is 45.3 Å². The van der Waals surface area contributed by atoms with Crippen molar-refractivity contribution in [1.29, 1.82) is 0 Å². The molecule has 37 heavy (non-hydrogen) atoms. The number of hydrogen-bond acceptors (Lipinski definition) is 8. The van der Waals surface area contributed by atoms with E-state index in [1.165, 1.54) is 13.3 Å². The number of anilines is 1. The van der Waals surface area contributed by atoms with Gasteiger partial charge in [0.05, 0.1) is 30.6 Å². The highest BCUT2D eigenvalue weighted by Gasteiger charge is 2.28. The van der Waals surface area contributed by atoms with Crippen LogP contribution in [0.4, 0.5) is 10.6 Å². The van der Waals surface area contributed by atoms with Crippen molar-refractivity contribution < 1.29 is 23.8 Å². The summed E-state index contributed by atoms with van der Waals surface area (Å²) in [6, 6.07) is 6.69. The number of methoxy groups -OCH3 is 1. The van der Waals surface area contributed by atoms with Crippen LogP contribution in [-0.4, -0.2) is 57.5 Å². The van der Waals surface area contributed by atoms with E-state index in [9.17, 15) is 9.59 Å². The van der Waals surface area contributed by atoms with Crippen molar-refractivity contribution in [3.8, 4) is 22.6 Å².